The lowest BCUT2D eigenvalue weighted by atomic mass is 10.0. The van der Waals surface area contributed by atoms with Gasteiger partial charge < -0.3 is 14.8 Å². The average Bonchev–Trinajstić information content (AvgIpc) is 2.28. The van der Waals surface area contributed by atoms with E-state index >= 15 is 0 Å². The van der Waals surface area contributed by atoms with Gasteiger partial charge in [0, 0.05) is 32.1 Å². The van der Waals surface area contributed by atoms with Crippen LogP contribution < -0.4 is 14.8 Å². The Bertz CT molecular complexity index is 451. The monoisotopic (exact) mass is 249 g/mol. The number of fused-ring (bicyclic) bond motifs is 1. The van der Waals surface area contributed by atoms with E-state index in [4.69, 9.17) is 9.47 Å². The zero-order valence-corrected chi connectivity index (χ0v) is 10.4. The Morgan fingerprint density at radius 2 is 1.72 bits per heavy atom. The molecule has 1 aliphatic rings. The van der Waals surface area contributed by atoms with Gasteiger partial charge in [-0.2, -0.15) is 0 Å². The van der Waals surface area contributed by atoms with Gasteiger partial charge in [-0.15, -0.1) is 0 Å². The molecule has 2 rings (SSSR count). The molecular formula is C13H15NO4. The number of aryl methyl sites for hydroxylation is 1. The summed E-state index contributed by atoms with van der Waals surface area (Å²) in [6, 6.07) is 3.45. The SMILES string of the molecule is CC(=O)Oc1cc2c(cc1OC(C)=O)NCCC2. The number of benzene rings is 1. The van der Waals surface area contributed by atoms with Gasteiger partial charge >= 0.3 is 11.9 Å². The summed E-state index contributed by atoms with van der Waals surface area (Å²) >= 11 is 0. The van der Waals surface area contributed by atoms with Gasteiger partial charge in [-0.25, -0.2) is 0 Å². The van der Waals surface area contributed by atoms with Crippen LogP contribution in [0.2, 0.25) is 0 Å². The van der Waals surface area contributed by atoms with Gasteiger partial charge in [0.1, 0.15) is 0 Å². The Labute approximate surface area is 105 Å². The first-order valence-corrected chi connectivity index (χ1v) is 5.84. The highest BCUT2D eigenvalue weighted by Crippen LogP contribution is 2.36. The number of ether oxygens (including phenoxy) is 2. The Balaban J connectivity index is 2.40. The number of esters is 2. The van der Waals surface area contributed by atoms with Crippen LogP contribution in [0.15, 0.2) is 12.1 Å². The third-order valence-corrected chi connectivity index (χ3v) is 2.62. The molecule has 5 nitrogen and oxygen atoms in total. The van der Waals surface area contributed by atoms with Crippen LogP contribution >= 0.6 is 0 Å². The second kappa shape index (κ2) is 5.08. The third-order valence-electron chi connectivity index (χ3n) is 2.62. The fraction of sp³-hybridized carbons (Fsp3) is 0.385. The molecule has 18 heavy (non-hydrogen) atoms. The normalized spacial score (nSPS) is 13.2. The minimum absolute atomic E-state index is 0.269. The summed E-state index contributed by atoms with van der Waals surface area (Å²) in [6.45, 7) is 3.51. The summed E-state index contributed by atoms with van der Waals surface area (Å²) < 4.78 is 10.1. The third kappa shape index (κ3) is 2.80. The quantitative estimate of drug-likeness (QED) is 0.640. The molecule has 1 N–H and O–H groups in total. The highest BCUT2D eigenvalue weighted by Gasteiger charge is 2.17. The molecule has 0 saturated heterocycles. The molecule has 0 aromatic heterocycles. The first kappa shape index (κ1) is 12.4. The van der Waals surface area contributed by atoms with Crippen molar-refractivity contribution in [3.63, 3.8) is 0 Å². The summed E-state index contributed by atoms with van der Waals surface area (Å²) in [6.07, 6.45) is 1.94. The van der Waals surface area contributed by atoms with Crippen molar-refractivity contribution in [1.29, 1.82) is 0 Å². The largest absolute Gasteiger partial charge is 0.423 e. The Morgan fingerprint density at radius 3 is 2.33 bits per heavy atom. The van der Waals surface area contributed by atoms with Crippen molar-refractivity contribution in [3.05, 3.63) is 17.7 Å². The number of hydrogen-bond donors (Lipinski definition) is 1. The van der Waals surface area contributed by atoms with Crippen molar-refractivity contribution < 1.29 is 19.1 Å². The van der Waals surface area contributed by atoms with E-state index in [1.54, 1.807) is 12.1 Å². The van der Waals surface area contributed by atoms with E-state index in [9.17, 15) is 9.59 Å². The van der Waals surface area contributed by atoms with E-state index in [1.165, 1.54) is 13.8 Å². The zero-order valence-electron chi connectivity index (χ0n) is 10.4. The number of hydrogen-bond acceptors (Lipinski definition) is 5. The Hall–Kier alpha value is -2.04. The molecule has 0 spiro atoms. The summed E-state index contributed by atoms with van der Waals surface area (Å²) in [5.74, 6) is -0.322. The highest BCUT2D eigenvalue weighted by atomic mass is 16.6. The molecule has 0 aliphatic carbocycles. The van der Waals surface area contributed by atoms with Crippen LogP contribution in [0, 0.1) is 0 Å². The molecule has 0 radical (unpaired) electrons. The van der Waals surface area contributed by atoms with Gasteiger partial charge in [0.25, 0.3) is 0 Å². The maximum atomic E-state index is 11.0. The molecule has 5 heteroatoms. The summed E-state index contributed by atoms with van der Waals surface area (Å²) in [5, 5.41) is 3.23. The minimum atomic E-state index is -0.445. The summed E-state index contributed by atoms with van der Waals surface area (Å²) in [5.41, 5.74) is 1.99. The molecular weight excluding hydrogens is 234 g/mol. The molecule has 0 atom stereocenters. The molecule has 1 heterocycles. The molecule has 0 fully saturated rings. The lowest BCUT2D eigenvalue weighted by molar-refractivity contribution is -0.134. The maximum absolute atomic E-state index is 11.0. The van der Waals surface area contributed by atoms with Gasteiger partial charge in [-0.3, -0.25) is 9.59 Å². The lowest BCUT2D eigenvalue weighted by Crippen LogP contribution is -2.14. The van der Waals surface area contributed by atoms with E-state index in [1.807, 2.05) is 0 Å². The Morgan fingerprint density at radius 1 is 1.11 bits per heavy atom. The van der Waals surface area contributed by atoms with E-state index in [-0.39, 0.29) is 5.75 Å². The van der Waals surface area contributed by atoms with Crippen molar-refractivity contribution in [2.45, 2.75) is 26.7 Å². The molecule has 1 aromatic carbocycles. The Kier molecular flexibility index (Phi) is 3.50. The number of rotatable bonds is 2. The van der Waals surface area contributed by atoms with Crippen LogP contribution in [0.5, 0.6) is 11.5 Å². The van der Waals surface area contributed by atoms with Crippen LogP contribution in [-0.2, 0) is 16.0 Å². The molecule has 0 saturated carbocycles. The van der Waals surface area contributed by atoms with Crippen molar-refractivity contribution >= 4 is 17.6 Å². The fourth-order valence-electron chi connectivity index (χ4n) is 1.94. The van der Waals surface area contributed by atoms with Crippen molar-refractivity contribution in [2.75, 3.05) is 11.9 Å². The van der Waals surface area contributed by atoms with Crippen molar-refractivity contribution in [2.24, 2.45) is 0 Å². The van der Waals surface area contributed by atoms with E-state index in [2.05, 4.69) is 5.32 Å². The standard InChI is InChI=1S/C13H15NO4/c1-8(15)17-12-6-10-4-3-5-14-11(10)7-13(12)18-9(2)16/h6-7,14H,3-5H2,1-2H3. The van der Waals surface area contributed by atoms with Crippen LogP contribution in [0.3, 0.4) is 0 Å². The van der Waals surface area contributed by atoms with Crippen molar-refractivity contribution in [1.82, 2.24) is 0 Å². The molecule has 0 amide bonds. The lowest BCUT2D eigenvalue weighted by Gasteiger charge is -2.20. The van der Waals surface area contributed by atoms with Gasteiger partial charge in [-0.05, 0) is 24.5 Å². The smallest absolute Gasteiger partial charge is 0.308 e. The molecule has 1 aliphatic heterocycles. The molecule has 1 aromatic rings. The zero-order chi connectivity index (χ0) is 13.1. The first-order chi connectivity index (χ1) is 8.56. The van der Waals surface area contributed by atoms with Gasteiger partial charge in [0.2, 0.25) is 0 Å². The summed E-state index contributed by atoms with van der Waals surface area (Å²) in [7, 11) is 0. The predicted octanol–water partition coefficient (Wildman–Crippen LogP) is 1.90. The van der Waals surface area contributed by atoms with Crippen molar-refractivity contribution in [3.8, 4) is 11.5 Å². The summed E-state index contributed by atoms with van der Waals surface area (Å²) in [4.78, 5) is 22.1. The van der Waals surface area contributed by atoms with Crippen LogP contribution in [0.25, 0.3) is 0 Å². The number of anilines is 1. The highest BCUT2D eigenvalue weighted by molar-refractivity contribution is 5.75. The van der Waals surface area contributed by atoms with E-state index in [0.29, 0.717) is 5.75 Å². The number of nitrogens with one attached hydrogen (secondary N) is 1. The second-order valence-electron chi connectivity index (χ2n) is 4.17. The topological polar surface area (TPSA) is 64.6 Å². The number of carbonyl (C=O) groups excluding carboxylic acids is 2. The van der Waals surface area contributed by atoms with Crippen LogP contribution in [0.1, 0.15) is 25.8 Å². The number of carbonyl (C=O) groups is 2. The van der Waals surface area contributed by atoms with E-state index in [0.717, 1.165) is 30.6 Å². The first-order valence-electron chi connectivity index (χ1n) is 5.84. The maximum Gasteiger partial charge on any atom is 0.308 e. The fourth-order valence-corrected chi connectivity index (χ4v) is 1.94. The van der Waals surface area contributed by atoms with Crippen LogP contribution in [0.4, 0.5) is 5.69 Å². The van der Waals surface area contributed by atoms with E-state index < -0.39 is 11.9 Å². The average molecular weight is 249 g/mol. The minimum Gasteiger partial charge on any atom is -0.423 e. The predicted molar refractivity (Wildman–Crippen MR) is 65.9 cm³/mol. The van der Waals surface area contributed by atoms with Gasteiger partial charge in [0.15, 0.2) is 11.5 Å². The molecule has 0 unspecified atom stereocenters. The second-order valence-corrected chi connectivity index (χ2v) is 4.17. The van der Waals surface area contributed by atoms with Gasteiger partial charge in [0.05, 0.1) is 0 Å². The van der Waals surface area contributed by atoms with Gasteiger partial charge in [-0.1, -0.05) is 0 Å². The molecule has 96 valence electrons. The molecule has 0 bridgehead atoms. The van der Waals surface area contributed by atoms with Crippen LogP contribution in [-0.4, -0.2) is 18.5 Å².